The Balaban J connectivity index is 2.10. The van der Waals surface area contributed by atoms with Gasteiger partial charge in [-0.15, -0.1) is 0 Å². The first kappa shape index (κ1) is 9.12. The van der Waals surface area contributed by atoms with Crippen LogP contribution in [0.5, 0.6) is 0 Å². The molecule has 13 heavy (non-hydrogen) atoms. The molecule has 0 bridgehead atoms. The van der Waals surface area contributed by atoms with Gasteiger partial charge in [0.2, 0.25) is 0 Å². The molecule has 1 aromatic rings. The summed E-state index contributed by atoms with van der Waals surface area (Å²) >= 11 is 3.31. The molecular formula is C9H11BrN2O. The third-order valence-corrected chi connectivity index (χ3v) is 2.54. The second-order valence-corrected chi connectivity index (χ2v) is 3.81. The van der Waals surface area contributed by atoms with E-state index >= 15 is 0 Å². The fraction of sp³-hybridized carbons (Fsp3) is 0.444. The average molecular weight is 243 g/mol. The number of hydrogen-bond acceptors (Lipinski definition) is 3. The minimum absolute atomic E-state index is 0.300. The van der Waals surface area contributed by atoms with Crippen molar-refractivity contribution in [3.63, 3.8) is 0 Å². The van der Waals surface area contributed by atoms with E-state index in [9.17, 15) is 0 Å². The molecule has 1 atom stereocenters. The lowest BCUT2D eigenvalue weighted by Crippen LogP contribution is -2.34. The van der Waals surface area contributed by atoms with Crippen LogP contribution in [0.25, 0.3) is 0 Å². The van der Waals surface area contributed by atoms with Crippen molar-refractivity contribution in [1.82, 2.24) is 10.3 Å². The van der Waals surface area contributed by atoms with E-state index in [1.165, 1.54) is 5.56 Å². The molecular weight excluding hydrogens is 232 g/mol. The number of pyridine rings is 1. The van der Waals surface area contributed by atoms with Crippen LogP contribution in [-0.2, 0) is 4.74 Å². The van der Waals surface area contributed by atoms with E-state index in [0.29, 0.717) is 6.04 Å². The number of ether oxygens (including phenoxy) is 1. The van der Waals surface area contributed by atoms with Crippen LogP contribution >= 0.6 is 15.9 Å². The maximum Gasteiger partial charge on any atom is 0.106 e. The number of morpholine rings is 1. The normalized spacial score (nSPS) is 23.0. The Morgan fingerprint density at radius 2 is 2.46 bits per heavy atom. The van der Waals surface area contributed by atoms with Gasteiger partial charge in [0, 0.05) is 12.7 Å². The molecule has 0 aliphatic carbocycles. The summed E-state index contributed by atoms with van der Waals surface area (Å²) in [6.45, 7) is 2.46. The van der Waals surface area contributed by atoms with Crippen molar-refractivity contribution in [3.05, 3.63) is 28.5 Å². The largest absolute Gasteiger partial charge is 0.378 e. The van der Waals surface area contributed by atoms with Gasteiger partial charge in [0.15, 0.2) is 0 Å². The predicted octanol–water partition coefficient (Wildman–Crippen LogP) is 1.50. The molecule has 1 N–H and O–H groups in total. The van der Waals surface area contributed by atoms with Crippen molar-refractivity contribution in [2.45, 2.75) is 6.04 Å². The highest BCUT2D eigenvalue weighted by Crippen LogP contribution is 2.16. The summed E-state index contributed by atoms with van der Waals surface area (Å²) in [7, 11) is 0. The maximum atomic E-state index is 5.36. The summed E-state index contributed by atoms with van der Waals surface area (Å²) in [5, 5.41) is 3.37. The highest BCUT2D eigenvalue weighted by molar-refractivity contribution is 9.10. The molecule has 0 amide bonds. The summed E-state index contributed by atoms with van der Waals surface area (Å²) in [5.41, 5.74) is 1.18. The van der Waals surface area contributed by atoms with Crippen molar-refractivity contribution in [3.8, 4) is 0 Å². The minimum Gasteiger partial charge on any atom is -0.378 e. The Bertz CT molecular complexity index is 269. The topological polar surface area (TPSA) is 34.1 Å². The molecule has 2 heterocycles. The number of rotatable bonds is 1. The highest BCUT2D eigenvalue weighted by atomic mass is 79.9. The minimum atomic E-state index is 0.300. The molecule has 1 fully saturated rings. The van der Waals surface area contributed by atoms with Crippen molar-refractivity contribution in [2.75, 3.05) is 19.8 Å². The summed E-state index contributed by atoms with van der Waals surface area (Å²) in [6.07, 6.45) is 1.87. The molecule has 1 saturated heterocycles. The van der Waals surface area contributed by atoms with Crippen LogP contribution in [-0.4, -0.2) is 24.7 Å². The molecule has 1 aliphatic heterocycles. The zero-order valence-corrected chi connectivity index (χ0v) is 8.75. The third kappa shape index (κ3) is 2.27. The number of hydrogen-bond donors (Lipinski definition) is 1. The molecule has 1 aromatic heterocycles. The maximum absolute atomic E-state index is 5.36. The van der Waals surface area contributed by atoms with E-state index < -0.39 is 0 Å². The van der Waals surface area contributed by atoms with Gasteiger partial charge in [-0.3, -0.25) is 0 Å². The zero-order valence-electron chi connectivity index (χ0n) is 7.16. The molecule has 0 spiro atoms. The van der Waals surface area contributed by atoms with E-state index in [0.717, 1.165) is 24.4 Å². The van der Waals surface area contributed by atoms with Gasteiger partial charge in [-0.2, -0.15) is 0 Å². The Morgan fingerprint density at radius 3 is 3.08 bits per heavy atom. The quantitative estimate of drug-likeness (QED) is 0.759. The van der Waals surface area contributed by atoms with Gasteiger partial charge in [0.05, 0.1) is 19.3 Å². The molecule has 0 unspecified atom stereocenters. The first-order valence-electron chi connectivity index (χ1n) is 4.29. The molecule has 1 aliphatic rings. The zero-order chi connectivity index (χ0) is 9.10. The van der Waals surface area contributed by atoms with Crippen LogP contribution in [0.3, 0.4) is 0 Å². The molecule has 0 saturated carbocycles. The summed E-state index contributed by atoms with van der Waals surface area (Å²) in [6, 6.07) is 4.31. The summed E-state index contributed by atoms with van der Waals surface area (Å²) in [5.74, 6) is 0. The molecule has 4 heteroatoms. The van der Waals surface area contributed by atoms with Gasteiger partial charge in [0.1, 0.15) is 4.60 Å². The van der Waals surface area contributed by atoms with Gasteiger partial charge >= 0.3 is 0 Å². The van der Waals surface area contributed by atoms with Crippen LogP contribution in [0.1, 0.15) is 11.6 Å². The van der Waals surface area contributed by atoms with Crippen LogP contribution < -0.4 is 5.32 Å². The van der Waals surface area contributed by atoms with E-state index in [1.807, 2.05) is 12.3 Å². The predicted molar refractivity (Wildman–Crippen MR) is 53.5 cm³/mol. The SMILES string of the molecule is Brc1ccc([C@H]2COCCN2)cn1. The van der Waals surface area contributed by atoms with Crippen LogP contribution in [0.2, 0.25) is 0 Å². The van der Waals surface area contributed by atoms with E-state index in [2.05, 4.69) is 32.3 Å². The monoisotopic (exact) mass is 242 g/mol. The van der Waals surface area contributed by atoms with Gasteiger partial charge in [-0.1, -0.05) is 6.07 Å². The fourth-order valence-corrected chi connectivity index (χ4v) is 1.61. The smallest absolute Gasteiger partial charge is 0.106 e. The van der Waals surface area contributed by atoms with Crippen molar-refractivity contribution >= 4 is 15.9 Å². The number of aromatic nitrogens is 1. The van der Waals surface area contributed by atoms with E-state index in [4.69, 9.17) is 4.74 Å². The molecule has 0 aromatic carbocycles. The molecule has 2 rings (SSSR count). The second kappa shape index (κ2) is 4.17. The third-order valence-electron chi connectivity index (χ3n) is 2.07. The lowest BCUT2D eigenvalue weighted by Gasteiger charge is -2.23. The van der Waals surface area contributed by atoms with Crippen molar-refractivity contribution < 1.29 is 4.74 Å². The van der Waals surface area contributed by atoms with Crippen LogP contribution in [0.4, 0.5) is 0 Å². The van der Waals surface area contributed by atoms with Crippen LogP contribution in [0.15, 0.2) is 22.9 Å². The van der Waals surface area contributed by atoms with Gasteiger partial charge < -0.3 is 10.1 Å². The lowest BCUT2D eigenvalue weighted by atomic mass is 10.1. The van der Waals surface area contributed by atoms with Gasteiger partial charge in [-0.25, -0.2) is 4.98 Å². The van der Waals surface area contributed by atoms with Crippen molar-refractivity contribution in [1.29, 1.82) is 0 Å². The average Bonchev–Trinajstić information content (AvgIpc) is 2.20. The van der Waals surface area contributed by atoms with Crippen molar-refractivity contribution in [2.24, 2.45) is 0 Å². The number of nitrogens with one attached hydrogen (secondary N) is 1. The first-order chi connectivity index (χ1) is 6.36. The Labute approximate surface area is 85.6 Å². The molecule has 3 nitrogen and oxygen atoms in total. The second-order valence-electron chi connectivity index (χ2n) is 3.00. The Kier molecular flexibility index (Phi) is 2.93. The van der Waals surface area contributed by atoms with Gasteiger partial charge in [0.25, 0.3) is 0 Å². The highest BCUT2D eigenvalue weighted by Gasteiger charge is 2.14. The van der Waals surface area contributed by atoms with E-state index in [1.54, 1.807) is 0 Å². The fourth-order valence-electron chi connectivity index (χ4n) is 1.37. The first-order valence-corrected chi connectivity index (χ1v) is 5.08. The Hall–Kier alpha value is -0.450. The lowest BCUT2D eigenvalue weighted by molar-refractivity contribution is 0.0768. The Morgan fingerprint density at radius 1 is 1.54 bits per heavy atom. The number of nitrogens with zero attached hydrogens (tertiary/aromatic N) is 1. The molecule has 0 radical (unpaired) electrons. The van der Waals surface area contributed by atoms with Gasteiger partial charge in [-0.05, 0) is 27.6 Å². The summed E-state index contributed by atoms with van der Waals surface area (Å²) < 4.78 is 6.23. The molecule has 70 valence electrons. The summed E-state index contributed by atoms with van der Waals surface area (Å²) in [4.78, 5) is 4.18. The van der Waals surface area contributed by atoms with E-state index in [-0.39, 0.29) is 0 Å². The number of halogens is 1. The van der Waals surface area contributed by atoms with Crippen LogP contribution in [0, 0.1) is 0 Å². The standard InChI is InChI=1S/C9H11BrN2O/c10-9-2-1-7(5-12-9)8-6-13-4-3-11-8/h1-2,5,8,11H,3-4,6H2/t8-/m1/s1.